The topological polar surface area (TPSA) is 125 Å². The van der Waals surface area contributed by atoms with Crippen molar-refractivity contribution in [2.24, 2.45) is 0 Å². The molecule has 0 fully saturated rings. The molecule has 0 bridgehead atoms. The maximum atomic E-state index is 14.0. The molecule has 0 aromatic carbocycles. The summed E-state index contributed by atoms with van der Waals surface area (Å²) in [6.07, 6.45) is 0.896. The summed E-state index contributed by atoms with van der Waals surface area (Å²) in [5, 5.41) is 2.39. The fourth-order valence-electron chi connectivity index (χ4n) is 2.05. The number of amides is 1. The van der Waals surface area contributed by atoms with Crippen molar-refractivity contribution in [2.75, 3.05) is 19.0 Å². The minimum atomic E-state index is -0.811. The van der Waals surface area contributed by atoms with Gasteiger partial charge in [-0.25, -0.2) is 28.9 Å². The fraction of sp³-hybridized carbons (Fsp3) is 0.250. The highest BCUT2D eigenvalue weighted by molar-refractivity contribution is 7.21. The first kappa shape index (κ1) is 20.6. The van der Waals surface area contributed by atoms with Crippen molar-refractivity contribution < 1.29 is 28.2 Å². The minimum absolute atomic E-state index is 0.146. The molecule has 3 aromatic heterocycles. The number of methoxy groups -OCH3 is 1. The van der Waals surface area contributed by atoms with Gasteiger partial charge in [-0.2, -0.15) is 4.98 Å². The van der Waals surface area contributed by atoms with E-state index in [1.54, 1.807) is 6.92 Å². The number of halogens is 2. The minimum Gasteiger partial charge on any atom is -0.472 e. The Morgan fingerprint density at radius 3 is 2.72 bits per heavy atom. The summed E-state index contributed by atoms with van der Waals surface area (Å²) in [7, 11) is 1.20. The molecule has 0 aliphatic heterocycles. The van der Waals surface area contributed by atoms with E-state index in [0.29, 0.717) is 10.3 Å². The van der Waals surface area contributed by atoms with Crippen molar-refractivity contribution in [1.82, 2.24) is 19.9 Å². The van der Waals surface area contributed by atoms with Crippen LogP contribution in [0.4, 0.5) is 14.9 Å². The third-order valence-corrected chi connectivity index (χ3v) is 4.38. The van der Waals surface area contributed by atoms with Gasteiger partial charge in [0, 0.05) is 6.07 Å². The van der Waals surface area contributed by atoms with E-state index in [0.717, 1.165) is 17.4 Å². The number of fused-ring (bicyclic) bond motifs is 1. The van der Waals surface area contributed by atoms with E-state index in [4.69, 9.17) is 21.1 Å². The van der Waals surface area contributed by atoms with E-state index in [-0.39, 0.29) is 28.5 Å². The molecule has 1 atom stereocenters. The van der Waals surface area contributed by atoms with Crippen LogP contribution in [0.1, 0.15) is 17.5 Å². The number of carbonyl (C=O) groups excluding carboxylic acids is 2. The highest BCUT2D eigenvalue weighted by atomic mass is 35.5. The van der Waals surface area contributed by atoms with Gasteiger partial charge in [-0.15, -0.1) is 0 Å². The van der Waals surface area contributed by atoms with Gasteiger partial charge in [-0.1, -0.05) is 22.9 Å². The van der Waals surface area contributed by atoms with Gasteiger partial charge in [0.25, 0.3) is 5.88 Å². The number of hydrogen-bond donors (Lipinski definition) is 1. The standard InChI is InChI=1S/C16H13ClFN5O5S/c1-7(6-27-12-9(18)3-10-13(23-12)29-15(17)22-10)28-16(25)21-8-4-19-11(20-5-8)14(24)26-2/h3-5,7H,6H2,1-2H3,(H,21,25). The number of anilines is 1. The van der Waals surface area contributed by atoms with Crippen LogP contribution in [0.5, 0.6) is 5.88 Å². The van der Waals surface area contributed by atoms with Crippen LogP contribution in [0.25, 0.3) is 10.3 Å². The Hall–Kier alpha value is -3.12. The first-order valence-electron chi connectivity index (χ1n) is 7.99. The Morgan fingerprint density at radius 2 is 2.03 bits per heavy atom. The summed E-state index contributed by atoms with van der Waals surface area (Å²) in [5.74, 6) is -1.81. The Bertz CT molecular complexity index is 1050. The molecule has 29 heavy (non-hydrogen) atoms. The van der Waals surface area contributed by atoms with Crippen LogP contribution in [0.3, 0.4) is 0 Å². The quantitative estimate of drug-likeness (QED) is 0.574. The van der Waals surface area contributed by atoms with Crippen molar-refractivity contribution >= 4 is 51.0 Å². The van der Waals surface area contributed by atoms with Gasteiger partial charge in [-0.05, 0) is 6.92 Å². The van der Waals surface area contributed by atoms with Gasteiger partial charge in [0.1, 0.15) is 23.1 Å². The molecule has 0 saturated heterocycles. The van der Waals surface area contributed by atoms with E-state index in [1.165, 1.54) is 19.5 Å². The lowest BCUT2D eigenvalue weighted by atomic mass is 10.4. The van der Waals surface area contributed by atoms with Gasteiger partial charge < -0.3 is 14.2 Å². The summed E-state index contributed by atoms with van der Waals surface area (Å²) in [4.78, 5) is 39.0. The molecular weight excluding hydrogens is 429 g/mol. The normalized spacial score (nSPS) is 11.7. The third kappa shape index (κ3) is 5.23. The average Bonchev–Trinajstić information content (AvgIpc) is 3.04. The predicted molar refractivity (Wildman–Crippen MR) is 101 cm³/mol. The van der Waals surface area contributed by atoms with E-state index < -0.39 is 24.0 Å². The van der Waals surface area contributed by atoms with Crippen LogP contribution in [-0.4, -0.2) is 51.8 Å². The van der Waals surface area contributed by atoms with Crippen molar-refractivity contribution in [3.63, 3.8) is 0 Å². The molecule has 152 valence electrons. The van der Waals surface area contributed by atoms with Crippen molar-refractivity contribution in [3.05, 3.63) is 34.6 Å². The zero-order valence-corrected chi connectivity index (χ0v) is 16.6. The summed E-state index contributed by atoms with van der Waals surface area (Å²) in [6.45, 7) is 1.41. The zero-order valence-electron chi connectivity index (χ0n) is 15.0. The Kier molecular flexibility index (Phi) is 6.34. The number of thiazole rings is 1. The average molecular weight is 442 g/mol. The Morgan fingerprint density at radius 1 is 1.31 bits per heavy atom. The summed E-state index contributed by atoms with van der Waals surface area (Å²) in [5.41, 5.74) is 0.532. The third-order valence-electron chi connectivity index (χ3n) is 3.31. The first-order valence-corrected chi connectivity index (χ1v) is 9.18. The second-order valence-electron chi connectivity index (χ2n) is 5.51. The second kappa shape index (κ2) is 8.92. The monoisotopic (exact) mass is 441 g/mol. The van der Waals surface area contributed by atoms with Crippen LogP contribution in [0.15, 0.2) is 18.5 Å². The SMILES string of the molecule is COC(=O)c1ncc(NC(=O)OC(C)COc2nc3sc(Cl)nc3cc2F)cn1. The molecule has 1 N–H and O–H groups in total. The maximum absolute atomic E-state index is 14.0. The lowest BCUT2D eigenvalue weighted by molar-refractivity contribution is 0.0586. The smallest absolute Gasteiger partial charge is 0.412 e. The molecule has 0 spiro atoms. The first-order chi connectivity index (χ1) is 13.9. The van der Waals surface area contributed by atoms with Gasteiger partial charge in [-0.3, -0.25) is 5.32 Å². The van der Waals surface area contributed by atoms with E-state index in [9.17, 15) is 14.0 Å². The molecule has 3 aromatic rings. The number of pyridine rings is 1. The van der Waals surface area contributed by atoms with Crippen molar-refractivity contribution in [2.45, 2.75) is 13.0 Å². The van der Waals surface area contributed by atoms with E-state index >= 15 is 0 Å². The molecule has 0 aliphatic carbocycles. The largest absolute Gasteiger partial charge is 0.472 e. The summed E-state index contributed by atoms with van der Waals surface area (Å²) in [6, 6.07) is 1.16. The zero-order chi connectivity index (χ0) is 21.0. The molecule has 13 heteroatoms. The molecule has 1 unspecified atom stereocenters. The summed E-state index contributed by atoms with van der Waals surface area (Å²) >= 11 is 6.86. The molecule has 1 amide bonds. The molecule has 3 rings (SSSR count). The molecule has 0 saturated carbocycles. The van der Waals surface area contributed by atoms with Gasteiger partial charge in [0.05, 0.1) is 25.2 Å². The number of nitrogens with zero attached hydrogens (tertiary/aromatic N) is 4. The molecule has 3 heterocycles. The predicted octanol–water partition coefficient (Wildman–Crippen LogP) is 3.08. The van der Waals surface area contributed by atoms with Crippen molar-refractivity contribution in [3.8, 4) is 5.88 Å². The summed E-state index contributed by atoms with van der Waals surface area (Å²) < 4.78 is 29.1. The number of rotatable bonds is 6. The maximum Gasteiger partial charge on any atom is 0.412 e. The van der Waals surface area contributed by atoms with Crippen LogP contribution in [0.2, 0.25) is 4.47 Å². The lowest BCUT2D eigenvalue weighted by Crippen LogP contribution is -2.25. The second-order valence-corrected chi connectivity index (χ2v) is 7.06. The highest BCUT2D eigenvalue weighted by Gasteiger charge is 2.16. The molecular formula is C16H13ClFN5O5S. The molecule has 10 nitrogen and oxygen atoms in total. The fourth-order valence-corrected chi connectivity index (χ4v) is 3.00. The van der Waals surface area contributed by atoms with Crippen LogP contribution in [-0.2, 0) is 9.47 Å². The van der Waals surface area contributed by atoms with Crippen LogP contribution in [0, 0.1) is 5.82 Å². The highest BCUT2D eigenvalue weighted by Crippen LogP contribution is 2.28. The molecule has 0 radical (unpaired) electrons. The van der Waals surface area contributed by atoms with Gasteiger partial charge >= 0.3 is 12.1 Å². The van der Waals surface area contributed by atoms with Crippen LogP contribution >= 0.6 is 22.9 Å². The number of hydrogen-bond acceptors (Lipinski definition) is 10. The van der Waals surface area contributed by atoms with E-state index in [2.05, 4.69) is 30.0 Å². The van der Waals surface area contributed by atoms with Crippen LogP contribution < -0.4 is 10.1 Å². The van der Waals surface area contributed by atoms with E-state index in [1.807, 2.05) is 0 Å². The molecule has 0 aliphatic rings. The Balaban J connectivity index is 1.52. The van der Waals surface area contributed by atoms with Gasteiger partial charge in [0.2, 0.25) is 5.82 Å². The van der Waals surface area contributed by atoms with Crippen molar-refractivity contribution in [1.29, 1.82) is 0 Å². The lowest BCUT2D eigenvalue weighted by Gasteiger charge is -2.14. The number of aromatic nitrogens is 4. The number of ether oxygens (including phenoxy) is 3. The Labute approximate surface area is 172 Å². The number of nitrogens with one attached hydrogen (secondary N) is 1. The number of carbonyl (C=O) groups is 2. The van der Waals surface area contributed by atoms with Gasteiger partial charge in [0.15, 0.2) is 10.3 Å². The number of esters is 1.